The fourth-order valence-corrected chi connectivity index (χ4v) is 7.20. The Balaban J connectivity index is 1.29. The monoisotopic (exact) mass is 643 g/mol. The van der Waals surface area contributed by atoms with Crippen molar-refractivity contribution in [2.24, 2.45) is 0 Å². The van der Waals surface area contributed by atoms with Gasteiger partial charge in [-0.2, -0.15) is 0 Å². The predicted molar refractivity (Wildman–Crippen MR) is 204 cm³/mol. The van der Waals surface area contributed by atoms with Crippen molar-refractivity contribution in [2.45, 2.75) is 26.7 Å². The van der Waals surface area contributed by atoms with E-state index in [0.29, 0.717) is 23.3 Å². The van der Waals surface area contributed by atoms with Crippen molar-refractivity contribution in [1.29, 1.82) is 0 Å². The van der Waals surface area contributed by atoms with E-state index < -0.39 is 0 Å². The van der Waals surface area contributed by atoms with E-state index in [1.807, 2.05) is 80.6 Å². The van der Waals surface area contributed by atoms with Crippen LogP contribution in [0.1, 0.15) is 28.9 Å². The van der Waals surface area contributed by atoms with Gasteiger partial charge in [0.15, 0.2) is 23.3 Å². The number of benzene rings is 6. The summed E-state index contributed by atoms with van der Waals surface area (Å²) in [5.74, 6) is 2.53. The first-order chi connectivity index (χ1) is 24.6. The van der Waals surface area contributed by atoms with E-state index in [9.17, 15) is 0 Å². The molecule has 50 heavy (non-hydrogen) atoms. The first kappa shape index (κ1) is 29.8. The molecule has 0 saturated carbocycles. The minimum absolute atomic E-state index is 0.597. The third-order valence-corrected chi connectivity index (χ3v) is 9.49. The normalized spacial score (nSPS) is 12.4. The second-order valence-electron chi connectivity index (χ2n) is 13.0. The molecule has 1 aliphatic rings. The van der Waals surface area contributed by atoms with Crippen LogP contribution in [0.25, 0.3) is 84.3 Å². The minimum atomic E-state index is 0.597. The Kier molecular flexibility index (Phi) is 7.32. The SMILES string of the molecule is Cc1cc(C)nc(-c2cc(-c3ccc4c(c3)c3c(c5ccccc54)C=CCC3)cc(-c3nc(-c4ccccc4)nc(-c4ccccc4)n3)c2)n1. The zero-order valence-corrected chi connectivity index (χ0v) is 27.9. The van der Waals surface area contributed by atoms with Crippen LogP contribution in [0.5, 0.6) is 0 Å². The molecule has 5 heteroatoms. The Bertz CT molecular complexity index is 2530. The molecule has 6 aromatic carbocycles. The van der Waals surface area contributed by atoms with E-state index in [1.54, 1.807) is 0 Å². The van der Waals surface area contributed by atoms with Gasteiger partial charge in [-0.3, -0.25) is 0 Å². The lowest BCUT2D eigenvalue weighted by molar-refractivity contribution is 1.00. The van der Waals surface area contributed by atoms with Crippen LogP contribution < -0.4 is 0 Å². The Labute approximate surface area is 291 Å². The number of nitrogens with zero attached hydrogens (tertiary/aromatic N) is 5. The minimum Gasteiger partial charge on any atom is -0.233 e. The molecule has 238 valence electrons. The van der Waals surface area contributed by atoms with Gasteiger partial charge in [0.05, 0.1) is 0 Å². The van der Waals surface area contributed by atoms with Crippen LogP contribution in [-0.4, -0.2) is 24.9 Å². The average Bonchev–Trinajstić information content (AvgIpc) is 3.18. The van der Waals surface area contributed by atoms with Crippen molar-refractivity contribution < 1.29 is 0 Å². The number of fused-ring (bicyclic) bond motifs is 6. The third-order valence-electron chi connectivity index (χ3n) is 9.49. The van der Waals surface area contributed by atoms with Crippen molar-refractivity contribution >= 4 is 27.6 Å². The molecule has 8 aromatic rings. The van der Waals surface area contributed by atoms with Crippen LogP contribution >= 0.6 is 0 Å². The molecule has 0 saturated heterocycles. The topological polar surface area (TPSA) is 64.5 Å². The van der Waals surface area contributed by atoms with Crippen LogP contribution in [0.3, 0.4) is 0 Å². The summed E-state index contributed by atoms with van der Waals surface area (Å²) in [4.78, 5) is 24.8. The third kappa shape index (κ3) is 5.43. The second kappa shape index (κ2) is 12.3. The summed E-state index contributed by atoms with van der Waals surface area (Å²) >= 11 is 0. The summed E-state index contributed by atoms with van der Waals surface area (Å²) in [6, 6.07) is 44.3. The van der Waals surface area contributed by atoms with Gasteiger partial charge in [0, 0.05) is 33.6 Å². The maximum atomic E-state index is 5.08. The molecule has 0 bridgehead atoms. The van der Waals surface area contributed by atoms with Crippen LogP contribution in [0, 0.1) is 13.8 Å². The molecule has 0 amide bonds. The van der Waals surface area contributed by atoms with Gasteiger partial charge in [-0.05, 0) is 101 Å². The maximum absolute atomic E-state index is 5.08. The summed E-state index contributed by atoms with van der Waals surface area (Å²) in [6.07, 6.45) is 6.67. The molecule has 2 heterocycles. The standard InChI is InChI=1S/C45H33N5/c1-28-23-29(2)47-44(46-28)34-24-33(32-21-22-40-38-19-10-9-17-36(38)37-18-11-12-20-39(37)41(40)27-32)25-35(26-34)45-49-42(30-13-5-3-6-14-30)48-43(50-45)31-15-7-4-8-16-31/h3-11,13-19,21-27H,12,20H2,1-2H3. The fraction of sp³-hybridized carbons (Fsp3) is 0.0889. The number of aryl methyl sites for hydroxylation is 3. The Morgan fingerprint density at radius 1 is 0.400 bits per heavy atom. The molecule has 0 fully saturated rings. The summed E-state index contributed by atoms with van der Waals surface area (Å²) in [5.41, 5.74) is 10.4. The van der Waals surface area contributed by atoms with E-state index in [4.69, 9.17) is 24.9 Å². The van der Waals surface area contributed by atoms with E-state index >= 15 is 0 Å². The number of hydrogen-bond acceptors (Lipinski definition) is 5. The smallest absolute Gasteiger partial charge is 0.164 e. The predicted octanol–water partition coefficient (Wildman–Crippen LogP) is 10.9. The van der Waals surface area contributed by atoms with E-state index in [2.05, 4.69) is 72.8 Å². The van der Waals surface area contributed by atoms with Gasteiger partial charge in [0.2, 0.25) is 0 Å². The summed E-state index contributed by atoms with van der Waals surface area (Å²) in [5, 5.41) is 5.18. The molecule has 0 atom stereocenters. The fourth-order valence-electron chi connectivity index (χ4n) is 7.20. The molecule has 9 rings (SSSR count). The number of aromatic nitrogens is 5. The molecule has 0 radical (unpaired) electrons. The Hall–Kier alpha value is -6.33. The van der Waals surface area contributed by atoms with E-state index in [0.717, 1.165) is 57.6 Å². The molecule has 2 aromatic heterocycles. The van der Waals surface area contributed by atoms with Gasteiger partial charge >= 0.3 is 0 Å². The van der Waals surface area contributed by atoms with Crippen LogP contribution in [0.15, 0.2) is 133 Å². The van der Waals surface area contributed by atoms with E-state index in [1.165, 1.54) is 32.7 Å². The lowest BCUT2D eigenvalue weighted by Gasteiger charge is -2.19. The zero-order chi connectivity index (χ0) is 33.6. The largest absolute Gasteiger partial charge is 0.233 e. The highest BCUT2D eigenvalue weighted by Crippen LogP contribution is 2.40. The number of hydrogen-bond donors (Lipinski definition) is 0. The highest BCUT2D eigenvalue weighted by Gasteiger charge is 2.18. The Morgan fingerprint density at radius 2 is 0.920 bits per heavy atom. The van der Waals surface area contributed by atoms with Crippen molar-refractivity contribution in [3.8, 4) is 56.7 Å². The van der Waals surface area contributed by atoms with Crippen LogP contribution in [-0.2, 0) is 6.42 Å². The van der Waals surface area contributed by atoms with Crippen molar-refractivity contribution in [3.63, 3.8) is 0 Å². The first-order valence-electron chi connectivity index (χ1n) is 17.1. The summed E-state index contributed by atoms with van der Waals surface area (Å²) in [6.45, 7) is 4.02. The molecule has 5 nitrogen and oxygen atoms in total. The molecule has 0 unspecified atom stereocenters. The van der Waals surface area contributed by atoms with E-state index in [-0.39, 0.29) is 0 Å². The molecular weight excluding hydrogens is 611 g/mol. The quantitative estimate of drug-likeness (QED) is 0.175. The van der Waals surface area contributed by atoms with Crippen molar-refractivity contribution in [1.82, 2.24) is 24.9 Å². The number of rotatable bonds is 5. The zero-order valence-electron chi connectivity index (χ0n) is 27.9. The lowest BCUT2D eigenvalue weighted by atomic mass is 9.85. The van der Waals surface area contributed by atoms with Gasteiger partial charge in [-0.15, -0.1) is 0 Å². The molecule has 1 aliphatic carbocycles. The van der Waals surface area contributed by atoms with Gasteiger partial charge in [-0.25, -0.2) is 24.9 Å². The van der Waals surface area contributed by atoms with Crippen molar-refractivity contribution in [2.75, 3.05) is 0 Å². The first-order valence-corrected chi connectivity index (χ1v) is 17.1. The molecule has 0 N–H and O–H groups in total. The summed E-state index contributed by atoms with van der Waals surface area (Å²) in [7, 11) is 0. The van der Waals surface area contributed by atoms with Crippen LogP contribution in [0.2, 0.25) is 0 Å². The second-order valence-corrected chi connectivity index (χ2v) is 13.0. The van der Waals surface area contributed by atoms with Gasteiger partial charge in [0.25, 0.3) is 0 Å². The van der Waals surface area contributed by atoms with Gasteiger partial charge < -0.3 is 0 Å². The van der Waals surface area contributed by atoms with Gasteiger partial charge in [0.1, 0.15) is 0 Å². The molecule has 0 spiro atoms. The summed E-state index contributed by atoms with van der Waals surface area (Å²) < 4.78 is 0. The lowest BCUT2D eigenvalue weighted by Crippen LogP contribution is -2.01. The maximum Gasteiger partial charge on any atom is 0.164 e. The van der Waals surface area contributed by atoms with Gasteiger partial charge in [-0.1, -0.05) is 109 Å². The number of allylic oxidation sites excluding steroid dienone is 1. The highest BCUT2D eigenvalue weighted by molar-refractivity contribution is 6.13. The molecule has 0 aliphatic heterocycles. The average molecular weight is 644 g/mol. The van der Waals surface area contributed by atoms with Crippen LogP contribution in [0.4, 0.5) is 0 Å². The highest BCUT2D eigenvalue weighted by atomic mass is 15.0. The molecular formula is C45H33N5. The Morgan fingerprint density at radius 3 is 1.56 bits per heavy atom. The van der Waals surface area contributed by atoms with Crippen molar-refractivity contribution in [3.05, 3.63) is 156 Å².